The molecule has 3 aliphatic heterocycles. The van der Waals surface area contributed by atoms with Crippen molar-refractivity contribution in [1.82, 2.24) is 30.2 Å². The minimum atomic E-state index is -1.00. The van der Waals surface area contributed by atoms with Gasteiger partial charge in [0, 0.05) is 56.9 Å². The van der Waals surface area contributed by atoms with Crippen LogP contribution in [0.25, 0.3) is 32.9 Å². The first-order chi connectivity index (χ1) is 27.3. The van der Waals surface area contributed by atoms with Crippen LogP contribution in [0.15, 0.2) is 30.5 Å². The van der Waals surface area contributed by atoms with Gasteiger partial charge in [-0.15, -0.1) is 6.42 Å². The van der Waals surface area contributed by atoms with Gasteiger partial charge in [-0.3, -0.25) is 14.9 Å². The molecule has 3 saturated heterocycles. The molecule has 1 N–H and O–H groups in total. The fraction of sp³-hybridized carbons (Fsp3) is 0.488. The molecular formula is C41H46F3N7O6. The van der Waals surface area contributed by atoms with Gasteiger partial charge in [0.2, 0.25) is 0 Å². The zero-order valence-corrected chi connectivity index (χ0v) is 32.5. The first-order valence-corrected chi connectivity index (χ1v) is 19.1. The van der Waals surface area contributed by atoms with Gasteiger partial charge < -0.3 is 24.3 Å². The summed E-state index contributed by atoms with van der Waals surface area (Å²) in [5, 5.41) is 6.33. The zero-order chi connectivity index (χ0) is 40.5. The number of terminal acetylenes is 1. The van der Waals surface area contributed by atoms with Gasteiger partial charge in [0.05, 0.1) is 23.1 Å². The number of ether oxygens (including phenoxy) is 4. The highest BCUT2D eigenvalue weighted by Crippen LogP contribution is 2.42. The Kier molecular flexibility index (Phi) is 11.3. The lowest BCUT2D eigenvalue weighted by Crippen LogP contribution is -2.49. The number of benzene rings is 2. The summed E-state index contributed by atoms with van der Waals surface area (Å²) in [4.78, 5) is 42.3. The van der Waals surface area contributed by atoms with Crippen molar-refractivity contribution in [2.45, 2.75) is 76.6 Å². The number of carbonyl (C=O) groups excluding carboxylic acids is 2. The molecule has 5 heterocycles. The first-order valence-electron chi connectivity index (χ1n) is 19.1. The SMILES string of the molecule is C#Cc1c(F)ccc2cc(OC(=O)NCCOC)cc(-c3ncc4c(N5CCCCCN5C(=O)OC(C)(C)C)nc(OC[C@@]56CCCN5C[C@H](F)C6)nc4c3F)c12. The van der Waals surface area contributed by atoms with Gasteiger partial charge >= 0.3 is 18.2 Å². The molecule has 3 fully saturated rings. The Bertz CT molecular complexity index is 2230. The van der Waals surface area contributed by atoms with E-state index in [2.05, 4.69) is 26.1 Å². The number of hydrogen-bond donors (Lipinski definition) is 1. The average Bonchev–Trinajstić information content (AvgIpc) is 3.57. The molecule has 57 heavy (non-hydrogen) atoms. The second-order valence-electron chi connectivity index (χ2n) is 15.6. The van der Waals surface area contributed by atoms with Crippen LogP contribution >= 0.6 is 0 Å². The highest BCUT2D eigenvalue weighted by molar-refractivity contribution is 6.03. The highest BCUT2D eigenvalue weighted by atomic mass is 19.1. The van der Waals surface area contributed by atoms with Crippen molar-refractivity contribution in [3.63, 3.8) is 0 Å². The van der Waals surface area contributed by atoms with Crippen molar-refractivity contribution in [2.24, 2.45) is 0 Å². The van der Waals surface area contributed by atoms with Gasteiger partial charge in [0.15, 0.2) is 11.6 Å². The average molecular weight is 790 g/mol. The number of fused-ring (bicyclic) bond motifs is 3. The minimum absolute atomic E-state index is 0.0105. The van der Waals surface area contributed by atoms with Gasteiger partial charge in [0.1, 0.15) is 41.2 Å². The van der Waals surface area contributed by atoms with E-state index in [0.29, 0.717) is 44.3 Å². The molecule has 0 unspecified atom stereocenters. The summed E-state index contributed by atoms with van der Waals surface area (Å²) in [5.41, 5.74) is -1.95. The fourth-order valence-corrected chi connectivity index (χ4v) is 7.98. The standard InChI is InChI=1S/C41H46F3N7O6/c1-6-28-31(43)12-11-25-19-27(56-38(52)45-14-18-54-5)20-29(32(25)28)34-33(44)35-30(22-46-34)36(50-16-8-7-9-17-51(50)39(53)57-40(2,3)4)48-37(47-35)55-24-41-13-10-15-49(41)23-26(42)21-41/h1,11-12,19-20,22,26H,7-10,13-18,21,23-24H2,2-5H3,(H,45,52)/t26-,41+/m1/s1. The largest absolute Gasteiger partial charge is 0.461 e. The third-order valence-corrected chi connectivity index (χ3v) is 10.5. The summed E-state index contributed by atoms with van der Waals surface area (Å²) in [5.74, 6) is 0.887. The van der Waals surface area contributed by atoms with Gasteiger partial charge in [0.25, 0.3) is 0 Å². The molecule has 3 aliphatic rings. The molecule has 2 atom stereocenters. The predicted octanol–water partition coefficient (Wildman–Crippen LogP) is 6.94. The topological polar surface area (TPSA) is 131 Å². The number of hydrazine groups is 1. The summed E-state index contributed by atoms with van der Waals surface area (Å²) >= 11 is 0. The molecule has 0 spiro atoms. The van der Waals surface area contributed by atoms with Crippen molar-refractivity contribution in [1.29, 1.82) is 0 Å². The Morgan fingerprint density at radius 2 is 1.89 bits per heavy atom. The summed E-state index contributed by atoms with van der Waals surface area (Å²) in [6, 6.07) is 5.28. The Hall–Kier alpha value is -5.40. The third kappa shape index (κ3) is 8.22. The van der Waals surface area contributed by atoms with Crippen molar-refractivity contribution < 1.29 is 41.7 Å². The highest BCUT2D eigenvalue weighted by Gasteiger charge is 2.49. The van der Waals surface area contributed by atoms with E-state index in [1.807, 2.05) is 0 Å². The lowest BCUT2D eigenvalue weighted by molar-refractivity contribution is 0.0232. The van der Waals surface area contributed by atoms with Crippen molar-refractivity contribution in [3.8, 4) is 35.4 Å². The van der Waals surface area contributed by atoms with Crippen molar-refractivity contribution in [2.75, 3.05) is 58.1 Å². The molecule has 0 saturated carbocycles. The van der Waals surface area contributed by atoms with Crippen molar-refractivity contribution in [3.05, 3.63) is 47.7 Å². The van der Waals surface area contributed by atoms with Gasteiger partial charge in [-0.2, -0.15) is 9.97 Å². The van der Waals surface area contributed by atoms with E-state index < -0.39 is 41.1 Å². The van der Waals surface area contributed by atoms with Crippen LogP contribution in [-0.2, 0) is 9.47 Å². The maximum atomic E-state index is 17.4. The van der Waals surface area contributed by atoms with Crippen LogP contribution in [0.5, 0.6) is 11.8 Å². The molecule has 2 amide bonds. The Balaban J connectivity index is 1.39. The molecule has 4 aromatic rings. The van der Waals surface area contributed by atoms with Gasteiger partial charge in [-0.1, -0.05) is 12.0 Å². The molecule has 302 valence electrons. The van der Waals surface area contributed by atoms with Gasteiger partial charge in [-0.25, -0.2) is 27.8 Å². The molecule has 7 rings (SSSR count). The van der Waals surface area contributed by atoms with Crippen LogP contribution in [0.3, 0.4) is 0 Å². The monoisotopic (exact) mass is 789 g/mol. The lowest BCUT2D eigenvalue weighted by Gasteiger charge is -2.36. The van der Waals surface area contributed by atoms with Crippen LogP contribution in [0.1, 0.15) is 64.9 Å². The summed E-state index contributed by atoms with van der Waals surface area (Å²) < 4.78 is 70.0. The number of anilines is 1. The number of methoxy groups -OCH3 is 1. The second-order valence-corrected chi connectivity index (χ2v) is 15.6. The Labute approximate surface area is 328 Å². The third-order valence-electron chi connectivity index (χ3n) is 10.5. The quantitative estimate of drug-likeness (QED) is 0.140. The lowest BCUT2D eigenvalue weighted by atomic mass is 9.95. The van der Waals surface area contributed by atoms with Crippen LogP contribution < -0.4 is 19.8 Å². The summed E-state index contributed by atoms with van der Waals surface area (Å²) in [6.07, 6.45) is 8.84. The summed E-state index contributed by atoms with van der Waals surface area (Å²) in [7, 11) is 1.49. The number of rotatable bonds is 9. The molecule has 0 bridgehead atoms. The molecule has 2 aromatic carbocycles. The maximum Gasteiger partial charge on any atom is 0.429 e. The Morgan fingerprint density at radius 1 is 1.09 bits per heavy atom. The Morgan fingerprint density at radius 3 is 2.67 bits per heavy atom. The number of alkyl halides is 1. The number of carbonyl (C=O) groups is 2. The molecule has 13 nitrogen and oxygen atoms in total. The van der Waals surface area contributed by atoms with Crippen LogP contribution in [-0.4, -0.2) is 107 Å². The van der Waals surface area contributed by atoms with E-state index in [1.54, 1.807) is 25.8 Å². The zero-order valence-electron chi connectivity index (χ0n) is 32.5. The van der Waals surface area contributed by atoms with E-state index in [-0.39, 0.29) is 70.4 Å². The second kappa shape index (κ2) is 16.2. The van der Waals surface area contributed by atoms with E-state index in [0.717, 1.165) is 25.8 Å². The van der Waals surface area contributed by atoms with E-state index in [9.17, 15) is 14.0 Å². The van der Waals surface area contributed by atoms with E-state index >= 15 is 8.78 Å². The summed E-state index contributed by atoms with van der Waals surface area (Å²) in [6.45, 7) is 7.47. The number of pyridine rings is 1. The first kappa shape index (κ1) is 39.8. The number of nitrogens with one attached hydrogen (secondary N) is 1. The normalized spacial score (nSPS) is 20.0. The van der Waals surface area contributed by atoms with Crippen LogP contribution in [0.2, 0.25) is 0 Å². The number of hydrogen-bond acceptors (Lipinski definition) is 11. The van der Waals surface area contributed by atoms with Crippen LogP contribution in [0, 0.1) is 24.0 Å². The minimum Gasteiger partial charge on any atom is -0.461 e. The maximum absolute atomic E-state index is 17.4. The molecular weight excluding hydrogens is 743 g/mol. The van der Waals surface area contributed by atoms with Crippen LogP contribution in [0.4, 0.5) is 28.6 Å². The molecule has 2 aromatic heterocycles. The smallest absolute Gasteiger partial charge is 0.429 e. The number of halogens is 3. The number of amides is 2. The molecule has 16 heteroatoms. The predicted molar refractivity (Wildman–Crippen MR) is 207 cm³/mol. The van der Waals surface area contributed by atoms with E-state index in [4.69, 9.17) is 30.4 Å². The van der Waals surface area contributed by atoms with Crippen molar-refractivity contribution >= 4 is 39.7 Å². The van der Waals surface area contributed by atoms with Gasteiger partial charge in [-0.05, 0) is 83.0 Å². The number of aromatic nitrogens is 3. The fourth-order valence-electron chi connectivity index (χ4n) is 7.98. The van der Waals surface area contributed by atoms with E-state index in [1.165, 1.54) is 42.6 Å². The molecule has 0 aliphatic carbocycles. The molecule has 0 radical (unpaired) electrons. The number of nitrogens with zero attached hydrogens (tertiary/aromatic N) is 6.